The van der Waals surface area contributed by atoms with E-state index in [0.29, 0.717) is 13.2 Å². The highest BCUT2D eigenvalue weighted by Gasteiger charge is 2.28. The van der Waals surface area contributed by atoms with Gasteiger partial charge in [-0.3, -0.25) is 0 Å². The number of fused-ring (bicyclic) bond motifs is 3. The van der Waals surface area contributed by atoms with E-state index in [4.69, 9.17) is 10.5 Å². The smallest absolute Gasteiger partial charge is 0.407 e. The minimum atomic E-state index is -0.379. The first-order valence-corrected chi connectivity index (χ1v) is 10.8. The first kappa shape index (κ1) is 20.7. The minimum Gasteiger partial charge on any atom is -0.449 e. The van der Waals surface area contributed by atoms with Gasteiger partial charge < -0.3 is 15.8 Å². The molecule has 31 heavy (non-hydrogen) atoms. The first-order valence-electron chi connectivity index (χ1n) is 10.8. The van der Waals surface area contributed by atoms with Crippen molar-refractivity contribution in [2.45, 2.75) is 25.7 Å². The lowest BCUT2D eigenvalue weighted by molar-refractivity contribution is 0.143. The molecular formula is C27H28N2O2. The number of aryl methyl sites for hydroxylation is 1. The standard InChI is InChI=1S/C27H28N2O2/c1-2-20-17-19(14-15-26(20)28)9-7-8-16-29-27(30)31-18-25-23-12-5-3-10-21(23)22-11-4-6-13-24(22)25/h3-7,9-15,17,25H,2,8,16,18,28H2,1H3,(H,29,30). The molecule has 158 valence electrons. The van der Waals surface area contributed by atoms with Gasteiger partial charge in [-0.2, -0.15) is 0 Å². The molecule has 0 radical (unpaired) electrons. The fraction of sp³-hybridized carbons (Fsp3) is 0.222. The van der Waals surface area contributed by atoms with E-state index in [2.05, 4.69) is 54.7 Å². The molecule has 4 heteroatoms. The van der Waals surface area contributed by atoms with Gasteiger partial charge in [0.05, 0.1) is 0 Å². The summed E-state index contributed by atoms with van der Waals surface area (Å²) in [5.41, 5.74) is 13.9. The molecule has 0 aromatic heterocycles. The van der Waals surface area contributed by atoms with Crippen molar-refractivity contribution in [1.82, 2.24) is 5.32 Å². The number of amides is 1. The van der Waals surface area contributed by atoms with Crippen molar-refractivity contribution in [2.24, 2.45) is 0 Å². The second kappa shape index (κ2) is 9.52. The molecule has 3 aromatic rings. The highest BCUT2D eigenvalue weighted by molar-refractivity contribution is 5.79. The molecule has 1 aliphatic carbocycles. The predicted molar refractivity (Wildman–Crippen MR) is 127 cm³/mol. The highest BCUT2D eigenvalue weighted by Crippen LogP contribution is 2.44. The van der Waals surface area contributed by atoms with Gasteiger partial charge in [0.25, 0.3) is 0 Å². The summed E-state index contributed by atoms with van der Waals surface area (Å²) in [5, 5.41) is 2.84. The van der Waals surface area contributed by atoms with E-state index in [-0.39, 0.29) is 12.0 Å². The lowest BCUT2D eigenvalue weighted by Crippen LogP contribution is -2.26. The van der Waals surface area contributed by atoms with Gasteiger partial charge in [-0.05, 0) is 58.4 Å². The van der Waals surface area contributed by atoms with E-state index < -0.39 is 0 Å². The van der Waals surface area contributed by atoms with Crippen molar-refractivity contribution in [3.63, 3.8) is 0 Å². The Balaban J connectivity index is 1.27. The summed E-state index contributed by atoms with van der Waals surface area (Å²) in [5.74, 6) is 0.0799. The Morgan fingerprint density at radius 2 is 1.71 bits per heavy atom. The molecule has 3 aromatic carbocycles. The zero-order chi connectivity index (χ0) is 21.6. The van der Waals surface area contributed by atoms with Crippen molar-refractivity contribution in [1.29, 1.82) is 0 Å². The van der Waals surface area contributed by atoms with E-state index in [1.165, 1.54) is 22.3 Å². The third kappa shape index (κ3) is 4.64. The van der Waals surface area contributed by atoms with Crippen LogP contribution in [0.4, 0.5) is 10.5 Å². The quantitative estimate of drug-likeness (QED) is 0.382. The van der Waals surface area contributed by atoms with Gasteiger partial charge >= 0.3 is 6.09 Å². The van der Waals surface area contributed by atoms with Gasteiger partial charge in [0.15, 0.2) is 0 Å². The van der Waals surface area contributed by atoms with Crippen LogP contribution in [0.15, 0.2) is 72.8 Å². The Kier molecular flexibility index (Phi) is 6.37. The van der Waals surface area contributed by atoms with Crippen molar-refractivity contribution in [2.75, 3.05) is 18.9 Å². The molecule has 0 saturated carbocycles. The number of carbonyl (C=O) groups excluding carboxylic acids is 1. The third-order valence-electron chi connectivity index (χ3n) is 5.78. The van der Waals surface area contributed by atoms with Crippen molar-refractivity contribution < 1.29 is 9.53 Å². The number of hydrogen-bond acceptors (Lipinski definition) is 3. The second-order valence-corrected chi connectivity index (χ2v) is 7.76. The molecule has 0 aliphatic heterocycles. The Labute approximate surface area is 183 Å². The van der Waals surface area contributed by atoms with E-state index in [9.17, 15) is 4.79 Å². The van der Waals surface area contributed by atoms with Gasteiger partial charge in [0, 0.05) is 18.2 Å². The van der Waals surface area contributed by atoms with E-state index in [1.807, 2.05) is 36.4 Å². The number of benzene rings is 3. The van der Waals surface area contributed by atoms with E-state index in [0.717, 1.165) is 29.7 Å². The third-order valence-corrected chi connectivity index (χ3v) is 5.78. The van der Waals surface area contributed by atoms with Crippen LogP contribution in [0.1, 0.15) is 41.5 Å². The van der Waals surface area contributed by atoms with Crippen LogP contribution in [0, 0.1) is 0 Å². The number of hydrogen-bond donors (Lipinski definition) is 2. The molecule has 3 N–H and O–H groups in total. The fourth-order valence-corrected chi connectivity index (χ4v) is 4.16. The van der Waals surface area contributed by atoms with Crippen molar-refractivity contribution in [3.8, 4) is 11.1 Å². The molecule has 1 amide bonds. The predicted octanol–water partition coefficient (Wildman–Crippen LogP) is 5.77. The Morgan fingerprint density at radius 1 is 1.03 bits per heavy atom. The van der Waals surface area contributed by atoms with Crippen LogP contribution >= 0.6 is 0 Å². The first-order chi connectivity index (χ1) is 15.2. The zero-order valence-electron chi connectivity index (χ0n) is 17.8. The maximum absolute atomic E-state index is 12.2. The van der Waals surface area contributed by atoms with Gasteiger partial charge in [-0.1, -0.05) is 73.7 Å². The van der Waals surface area contributed by atoms with E-state index >= 15 is 0 Å². The molecule has 0 atom stereocenters. The fourth-order valence-electron chi connectivity index (χ4n) is 4.16. The van der Waals surface area contributed by atoms with Gasteiger partial charge in [-0.15, -0.1) is 0 Å². The van der Waals surface area contributed by atoms with Crippen LogP contribution in [0.3, 0.4) is 0 Å². The number of nitrogens with two attached hydrogens (primary N) is 1. The number of ether oxygens (including phenoxy) is 1. The number of nitrogen functional groups attached to an aromatic ring is 1. The number of alkyl carbamates (subject to hydrolysis) is 1. The van der Waals surface area contributed by atoms with Gasteiger partial charge in [0.1, 0.15) is 6.61 Å². The molecule has 0 bridgehead atoms. The average molecular weight is 413 g/mol. The molecule has 0 heterocycles. The summed E-state index contributed by atoms with van der Waals surface area (Å²) < 4.78 is 5.56. The van der Waals surface area contributed by atoms with Crippen molar-refractivity contribution in [3.05, 3.63) is 95.1 Å². The van der Waals surface area contributed by atoms with Gasteiger partial charge in [-0.25, -0.2) is 4.79 Å². The largest absolute Gasteiger partial charge is 0.449 e. The maximum Gasteiger partial charge on any atom is 0.407 e. The molecule has 0 unspecified atom stereocenters. The highest BCUT2D eigenvalue weighted by atomic mass is 16.5. The van der Waals surface area contributed by atoms with Gasteiger partial charge in [0.2, 0.25) is 0 Å². The van der Waals surface area contributed by atoms with Crippen LogP contribution in [-0.4, -0.2) is 19.2 Å². The van der Waals surface area contributed by atoms with Crippen molar-refractivity contribution >= 4 is 17.9 Å². The molecule has 0 spiro atoms. The average Bonchev–Trinajstić information content (AvgIpc) is 3.12. The zero-order valence-corrected chi connectivity index (χ0v) is 17.8. The molecule has 0 fully saturated rings. The molecule has 1 aliphatic rings. The molecule has 4 rings (SSSR count). The molecule has 4 nitrogen and oxygen atoms in total. The maximum atomic E-state index is 12.2. The monoisotopic (exact) mass is 412 g/mol. The molecular weight excluding hydrogens is 384 g/mol. The Bertz CT molecular complexity index is 1060. The lowest BCUT2D eigenvalue weighted by atomic mass is 9.98. The summed E-state index contributed by atoms with van der Waals surface area (Å²) in [6.45, 7) is 2.96. The summed E-state index contributed by atoms with van der Waals surface area (Å²) in [4.78, 5) is 12.2. The van der Waals surface area contributed by atoms with Crippen LogP contribution in [0.2, 0.25) is 0 Å². The number of nitrogens with one attached hydrogen (secondary N) is 1. The topological polar surface area (TPSA) is 64.3 Å². The van der Waals surface area contributed by atoms with Crippen LogP contribution in [0.5, 0.6) is 0 Å². The Hall–Kier alpha value is -3.53. The lowest BCUT2D eigenvalue weighted by Gasteiger charge is -2.14. The summed E-state index contributed by atoms with van der Waals surface area (Å²) >= 11 is 0. The summed E-state index contributed by atoms with van der Waals surface area (Å²) in [6, 6.07) is 22.7. The summed E-state index contributed by atoms with van der Waals surface area (Å²) in [7, 11) is 0. The SMILES string of the molecule is CCc1cc(C=CCCNC(=O)OCC2c3ccccc3-c3ccccc32)ccc1N. The normalized spacial score (nSPS) is 12.5. The van der Waals surface area contributed by atoms with Crippen LogP contribution in [0.25, 0.3) is 17.2 Å². The molecule has 0 saturated heterocycles. The van der Waals surface area contributed by atoms with E-state index in [1.54, 1.807) is 0 Å². The second-order valence-electron chi connectivity index (χ2n) is 7.76. The summed E-state index contributed by atoms with van der Waals surface area (Å²) in [6.07, 6.45) is 5.37. The number of carbonyl (C=O) groups is 1. The van der Waals surface area contributed by atoms with Crippen LogP contribution < -0.4 is 11.1 Å². The Morgan fingerprint density at radius 3 is 2.39 bits per heavy atom. The minimum absolute atomic E-state index is 0.0799. The number of rotatable bonds is 7. The van der Waals surface area contributed by atoms with Crippen LogP contribution in [-0.2, 0) is 11.2 Å². The number of anilines is 1.